The third-order valence-electron chi connectivity index (χ3n) is 4.95. The van der Waals surface area contributed by atoms with Crippen molar-refractivity contribution in [2.75, 3.05) is 39.7 Å². The number of carbonyl (C=O) groups excluding carboxylic acids is 1. The number of benzene rings is 2. The molecule has 7 heteroatoms. The van der Waals surface area contributed by atoms with Crippen molar-refractivity contribution in [3.05, 3.63) is 72.5 Å². The molecule has 0 bridgehead atoms. The number of methoxy groups -OCH3 is 1. The van der Waals surface area contributed by atoms with Crippen LogP contribution in [0.2, 0.25) is 0 Å². The first-order valence-corrected chi connectivity index (χ1v) is 10.3. The van der Waals surface area contributed by atoms with E-state index < -0.39 is 0 Å². The monoisotopic (exact) mass is 431 g/mol. The molecule has 0 atom stereocenters. The van der Waals surface area contributed by atoms with Crippen molar-refractivity contribution in [2.24, 2.45) is 0 Å². The quantitative estimate of drug-likeness (QED) is 0.436. The van der Waals surface area contributed by atoms with E-state index in [0.717, 1.165) is 11.9 Å². The smallest absolute Gasteiger partial charge is 0.256 e. The highest BCUT2D eigenvalue weighted by Gasteiger charge is 2.16. The van der Waals surface area contributed by atoms with Crippen molar-refractivity contribution in [1.29, 1.82) is 0 Å². The molecule has 0 spiro atoms. The highest BCUT2D eigenvalue weighted by Crippen LogP contribution is 2.31. The Morgan fingerprint density at radius 1 is 1.06 bits per heavy atom. The number of fused-ring (bicyclic) bond motifs is 1. The minimum absolute atomic E-state index is 0.249. The molecule has 0 unspecified atom stereocenters. The first kappa shape index (κ1) is 21.4. The Balaban J connectivity index is 1.64. The van der Waals surface area contributed by atoms with Gasteiger partial charge in [0.05, 0.1) is 24.5 Å². The molecule has 32 heavy (non-hydrogen) atoms. The van der Waals surface area contributed by atoms with Crippen LogP contribution >= 0.6 is 0 Å². The molecular formula is C25H25N3O4. The van der Waals surface area contributed by atoms with Crippen LogP contribution in [-0.4, -0.2) is 50.1 Å². The summed E-state index contributed by atoms with van der Waals surface area (Å²) in [7, 11) is 5.55. The molecule has 2 heterocycles. The number of nitrogens with one attached hydrogen (secondary N) is 1. The van der Waals surface area contributed by atoms with Crippen LogP contribution in [0.4, 0.5) is 5.69 Å². The molecule has 0 saturated heterocycles. The molecule has 0 radical (unpaired) electrons. The lowest BCUT2D eigenvalue weighted by Gasteiger charge is -2.15. The van der Waals surface area contributed by atoms with Gasteiger partial charge in [-0.25, -0.2) is 4.98 Å². The Labute approximate surface area is 186 Å². The zero-order valence-electron chi connectivity index (χ0n) is 18.3. The van der Waals surface area contributed by atoms with Gasteiger partial charge in [0, 0.05) is 23.7 Å². The molecule has 2 aromatic carbocycles. The fraction of sp³-hybridized carbons (Fsp3) is 0.200. The van der Waals surface area contributed by atoms with Crippen molar-refractivity contribution in [2.45, 2.75) is 0 Å². The number of ether oxygens (including phenoxy) is 2. The summed E-state index contributed by atoms with van der Waals surface area (Å²) in [6, 6.07) is 18.2. The van der Waals surface area contributed by atoms with Crippen LogP contribution in [0.15, 0.2) is 71.3 Å². The van der Waals surface area contributed by atoms with E-state index in [1.165, 1.54) is 0 Å². The van der Waals surface area contributed by atoms with E-state index >= 15 is 0 Å². The first-order chi connectivity index (χ1) is 15.5. The molecule has 4 rings (SSSR count). The number of furan rings is 1. The topological polar surface area (TPSA) is 76.8 Å². The van der Waals surface area contributed by atoms with Crippen molar-refractivity contribution in [1.82, 2.24) is 9.88 Å². The third-order valence-corrected chi connectivity index (χ3v) is 4.95. The summed E-state index contributed by atoms with van der Waals surface area (Å²) in [6.07, 6.45) is 1.58. The number of nitrogens with zero attached hydrogens (tertiary/aromatic N) is 2. The number of hydrogen-bond acceptors (Lipinski definition) is 6. The minimum atomic E-state index is -0.249. The SMILES string of the molecule is COc1ccc(NC(=O)c2cc(-c3ccco3)nc3ccccc23)cc1OCCN(C)C. The maximum atomic E-state index is 13.3. The number of hydrogen-bond donors (Lipinski definition) is 1. The number of rotatable bonds is 8. The summed E-state index contributed by atoms with van der Waals surface area (Å²) < 4.78 is 16.7. The fourth-order valence-electron chi connectivity index (χ4n) is 3.32. The average Bonchev–Trinajstić information content (AvgIpc) is 3.33. The van der Waals surface area contributed by atoms with E-state index in [4.69, 9.17) is 13.9 Å². The summed E-state index contributed by atoms with van der Waals surface area (Å²) >= 11 is 0. The number of likely N-dealkylation sites (N-methyl/N-ethyl adjacent to an activating group) is 1. The van der Waals surface area contributed by atoms with Gasteiger partial charge in [-0.2, -0.15) is 0 Å². The lowest BCUT2D eigenvalue weighted by atomic mass is 10.1. The Morgan fingerprint density at radius 2 is 1.91 bits per heavy atom. The highest BCUT2D eigenvalue weighted by atomic mass is 16.5. The molecule has 0 aliphatic carbocycles. The molecule has 0 saturated carbocycles. The van der Waals surface area contributed by atoms with Gasteiger partial charge in [0.1, 0.15) is 12.3 Å². The number of carbonyl (C=O) groups is 1. The summed E-state index contributed by atoms with van der Waals surface area (Å²) in [4.78, 5) is 19.9. The molecular weight excluding hydrogens is 406 g/mol. The summed E-state index contributed by atoms with van der Waals surface area (Å²) in [5.41, 5.74) is 2.43. The largest absolute Gasteiger partial charge is 0.493 e. The summed E-state index contributed by atoms with van der Waals surface area (Å²) in [5.74, 6) is 1.53. The van der Waals surface area contributed by atoms with Gasteiger partial charge in [0.2, 0.25) is 0 Å². The van der Waals surface area contributed by atoms with Gasteiger partial charge < -0.3 is 24.1 Å². The second kappa shape index (κ2) is 9.53. The van der Waals surface area contributed by atoms with Gasteiger partial charge in [-0.1, -0.05) is 18.2 Å². The molecule has 4 aromatic rings. The third kappa shape index (κ3) is 4.73. The van der Waals surface area contributed by atoms with Crippen LogP contribution < -0.4 is 14.8 Å². The van der Waals surface area contributed by atoms with Crippen LogP contribution in [-0.2, 0) is 0 Å². The summed E-state index contributed by atoms with van der Waals surface area (Å²) in [5, 5.41) is 3.73. The second-order valence-electron chi connectivity index (χ2n) is 7.52. The minimum Gasteiger partial charge on any atom is -0.493 e. The molecule has 0 aliphatic heterocycles. The lowest BCUT2D eigenvalue weighted by molar-refractivity contribution is 0.102. The predicted molar refractivity (Wildman–Crippen MR) is 124 cm³/mol. The number of aromatic nitrogens is 1. The van der Waals surface area contributed by atoms with Crippen LogP contribution in [0.3, 0.4) is 0 Å². The molecule has 7 nitrogen and oxygen atoms in total. The number of amides is 1. The maximum absolute atomic E-state index is 13.3. The van der Waals surface area contributed by atoms with E-state index in [1.54, 1.807) is 43.7 Å². The molecule has 2 aromatic heterocycles. The van der Waals surface area contributed by atoms with E-state index in [0.29, 0.717) is 46.3 Å². The predicted octanol–water partition coefficient (Wildman–Crippen LogP) is 4.70. The second-order valence-corrected chi connectivity index (χ2v) is 7.52. The molecule has 1 N–H and O–H groups in total. The molecule has 0 fully saturated rings. The van der Waals surface area contributed by atoms with Crippen LogP contribution in [0.25, 0.3) is 22.4 Å². The van der Waals surface area contributed by atoms with Crippen molar-refractivity contribution in [3.8, 4) is 23.0 Å². The molecule has 164 valence electrons. The molecule has 0 aliphatic rings. The number of para-hydroxylation sites is 1. The van der Waals surface area contributed by atoms with Gasteiger partial charge in [-0.05, 0) is 50.5 Å². The lowest BCUT2D eigenvalue weighted by Crippen LogP contribution is -2.19. The number of anilines is 1. The van der Waals surface area contributed by atoms with E-state index in [2.05, 4.69) is 10.3 Å². The van der Waals surface area contributed by atoms with Crippen molar-refractivity contribution in [3.63, 3.8) is 0 Å². The Morgan fingerprint density at radius 3 is 2.66 bits per heavy atom. The zero-order chi connectivity index (χ0) is 22.5. The van der Waals surface area contributed by atoms with Crippen LogP contribution in [0, 0.1) is 0 Å². The van der Waals surface area contributed by atoms with Gasteiger partial charge in [0.15, 0.2) is 17.3 Å². The Hall–Kier alpha value is -3.84. The molecule has 1 amide bonds. The van der Waals surface area contributed by atoms with Gasteiger partial charge in [0.25, 0.3) is 5.91 Å². The first-order valence-electron chi connectivity index (χ1n) is 10.3. The van der Waals surface area contributed by atoms with Gasteiger partial charge >= 0.3 is 0 Å². The van der Waals surface area contributed by atoms with Crippen molar-refractivity contribution >= 4 is 22.5 Å². The standard InChI is InChI=1S/C25H25N3O4/c1-28(2)12-14-32-24-15-17(10-11-23(24)30-3)26-25(29)19-16-21(22-9-6-13-31-22)27-20-8-5-4-7-18(19)20/h4-11,13,15-16H,12,14H2,1-3H3,(H,26,29). The maximum Gasteiger partial charge on any atom is 0.256 e. The zero-order valence-corrected chi connectivity index (χ0v) is 18.3. The fourth-order valence-corrected chi connectivity index (χ4v) is 3.32. The van der Waals surface area contributed by atoms with Crippen LogP contribution in [0.1, 0.15) is 10.4 Å². The average molecular weight is 431 g/mol. The Bertz CT molecular complexity index is 1220. The highest BCUT2D eigenvalue weighted by molar-refractivity contribution is 6.13. The summed E-state index contributed by atoms with van der Waals surface area (Å²) in [6.45, 7) is 1.26. The Kier molecular flexibility index (Phi) is 6.37. The number of pyridine rings is 1. The van der Waals surface area contributed by atoms with Gasteiger partial charge in [-0.3, -0.25) is 4.79 Å². The van der Waals surface area contributed by atoms with Crippen LogP contribution in [0.5, 0.6) is 11.5 Å². The van der Waals surface area contributed by atoms with E-state index in [9.17, 15) is 4.79 Å². The normalized spacial score (nSPS) is 11.0. The van der Waals surface area contributed by atoms with E-state index in [1.807, 2.05) is 49.3 Å². The van der Waals surface area contributed by atoms with Crippen molar-refractivity contribution < 1.29 is 18.7 Å². The van der Waals surface area contributed by atoms with Gasteiger partial charge in [-0.15, -0.1) is 0 Å². The van der Waals surface area contributed by atoms with E-state index in [-0.39, 0.29) is 5.91 Å².